The summed E-state index contributed by atoms with van der Waals surface area (Å²) < 4.78 is 0. The van der Waals surface area contributed by atoms with Crippen molar-refractivity contribution >= 4 is 5.69 Å². The Morgan fingerprint density at radius 3 is 2.36 bits per heavy atom. The van der Waals surface area contributed by atoms with E-state index in [9.17, 15) is 5.11 Å². The van der Waals surface area contributed by atoms with Gasteiger partial charge in [-0.05, 0) is 32.4 Å². The highest BCUT2D eigenvalue weighted by Gasteiger charge is 2.16. The molecule has 1 unspecified atom stereocenters. The average Bonchev–Trinajstić information content (AvgIpc) is 2.17. The molecule has 0 aliphatic carbocycles. The van der Waals surface area contributed by atoms with Gasteiger partial charge >= 0.3 is 0 Å². The number of aliphatic hydroxyl groups is 1. The quantitative estimate of drug-likeness (QED) is 0.770. The van der Waals surface area contributed by atoms with Crippen LogP contribution in [0.5, 0.6) is 0 Å². The van der Waals surface area contributed by atoms with Crippen LogP contribution < -0.4 is 5.32 Å². The first kappa shape index (κ1) is 11.1. The summed E-state index contributed by atoms with van der Waals surface area (Å²) in [6.07, 6.45) is 0.756. The standard InChI is InChI=1S/C12H19NO/c1-4-12(3,14)9-13-11-7-5-10(2)6-8-11/h5-8,13-14H,4,9H2,1-3H3. The fraction of sp³-hybridized carbons (Fsp3) is 0.500. The van der Waals surface area contributed by atoms with Gasteiger partial charge in [-0.1, -0.05) is 24.6 Å². The van der Waals surface area contributed by atoms with Crippen molar-refractivity contribution in [1.29, 1.82) is 0 Å². The topological polar surface area (TPSA) is 32.3 Å². The Kier molecular flexibility index (Phi) is 3.53. The molecule has 78 valence electrons. The zero-order valence-electron chi connectivity index (χ0n) is 9.17. The van der Waals surface area contributed by atoms with Gasteiger partial charge in [0.1, 0.15) is 0 Å². The van der Waals surface area contributed by atoms with Crippen molar-refractivity contribution in [3.8, 4) is 0 Å². The van der Waals surface area contributed by atoms with E-state index >= 15 is 0 Å². The molecular weight excluding hydrogens is 174 g/mol. The molecule has 0 spiro atoms. The van der Waals surface area contributed by atoms with Crippen LogP contribution in [0.1, 0.15) is 25.8 Å². The van der Waals surface area contributed by atoms with Crippen molar-refractivity contribution < 1.29 is 5.11 Å². The van der Waals surface area contributed by atoms with E-state index in [1.165, 1.54) is 5.56 Å². The van der Waals surface area contributed by atoms with Crippen molar-refractivity contribution in [1.82, 2.24) is 0 Å². The smallest absolute Gasteiger partial charge is 0.0788 e. The number of nitrogens with one attached hydrogen (secondary N) is 1. The number of hydrogen-bond donors (Lipinski definition) is 2. The Balaban J connectivity index is 2.50. The van der Waals surface area contributed by atoms with Crippen LogP contribution in [-0.2, 0) is 0 Å². The summed E-state index contributed by atoms with van der Waals surface area (Å²) in [6.45, 7) is 6.48. The zero-order valence-corrected chi connectivity index (χ0v) is 9.17. The minimum absolute atomic E-state index is 0.590. The maximum atomic E-state index is 9.78. The van der Waals surface area contributed by atoms with E-state index in [4.69, 9.17) is 0 Å². The maximum Gasteiger partial charge on any atom is 0.0788 e. The summed E-state index contributed by atoms with van der Waals surface area (Å²) in [6, 6.07) is 8.17. The predicted octanol–water partition coefficient (Wildman–Crippen LogP) is 2.57. The van der Waals surface area contributed by atoms with Gasteiger partial charge in [-0.15, -0.1) is 0 Å². The molecular formula is C12H19NO. The summed E-state index contributed by atoms with van der Waals surface area (Å²) in [5.41, 5.74) is 1.69. The zero-order chi connectivity index (χ0) is 10.6. The van der Waals surface area contributed by atoms with Crippen molar-refractivity contribution in [2.75, 3.05) is 11.9 Å². The molecule has 0 bridgehead atoms. The highest BCUT2D eigenvalue weighted by molar-refractivity contribution is 5.44. The molecule has 0 aliphatic rings. The number of benzene rings is 1. The monoisotopic (exact) mass is 193 g/mol. The average molecular weight is 193 g/mol. The first-order chi connectivity index (χ1) is 6.53. The molecule has 1 atom stereocenters. The van der Waals surface area contributed by atoms with E-state index < -0.39 is 5.60 Å². The Labute approximate surface area is 86.0 Å². The lowest BCUT2D eigenvalue weighted by Crippen LogP contribution is -2.32. The van der Waals surface area contributed by atoms with E-state index in [0.717, 1.165) is 12.1 Å². The normalized spacial score (nSPS) is 14.9. The Morgan fingerprint density at radius 1 is 1.29 bits per heavy atom. The largest absolute Gasteiger partial charge is 0.388 e. The van der Waals surface area contributed by atoms with E-state index in [1.807, 2.05) is 26.0 Å². The molecule has 14 heavy (non-hydrogen) atoms. The van der Waals surface area contributed by atoms with Crippen molar-refractivity contribution in [3.05, 3.63) is 29.8 Å². The summed E-state index contributed by atoms with van der Waals surface area (Å²) in [7, 11) is 0. The third kappa shape index (κ3) is 3.38. The third-order valence-corrected chi connectivity index (χ3v) is 2.49. The first-order valence-corrected chi connectivity index (χ1v) is 5.06. The van der Waals surface area contributed by atoms with Gasteiger partial charge in [-0.2, -0.15) is 0 Å². The number of rotatable bonds is 4. The van der Waals surface area contributed by atoms with Gasteiger partial charge in [0.25, 0.3) is 0 Å². The van der Waals surface area contributed by atoms with Gasteiger partial charge in [-0.3, -0.25) is 0 Å². The van der Waals surface area contributed by atoms with E-state index in [2.05, 4.69) is 24.4 Å². The van der Waals surface area contributed by atoms with Gasteiger partial charge in [0, 0.05) is 12.2 Å². The number of aryl methyl sites for hydroxylation is 1. The van der Waals surface area contributed by atoms with Crippen LogP contribution in [0, 0.1) is 6.92 Å². The number of anilines is 1. The lowest BCUT2D eigenvalue weighted by molar-refractivity contribution is 0.0697. The summed E-state index contributed by atoms with van der Waals surface area (Å²) in [5, 5.41) is 13.0. The van der Waals surface area contributed by atoms with Crippen LogP contribution in [0.15, 0.2) is 24.3 Å². The van der Waals surface area contributed by atoms with Crippen LogP contribution in [-0.4, -0.2) is 17.3 Å². The molecule has 2 nitrogen and oxygen atoms in total. The first-order valence-electron chi connectivity index (χ1n) is 5.06. The van der Waals surface area contributed by atoms with Gasteiger partial charge < -0.3 is 10.4 Å². The molecule has 1 aromatic carbocycles. The fourth-order valence-electron chi connectivity index (χ4n) is 1.09. The molecule has 1 rings (SSSR count). The molecule has 0 aromatic heterocycles. The highest BCUT2D eigenvalue weighted by Crippen LogP contribution is 2.12. The summed E-state index contributed by atoms with van der Waals surface area (Å²) in [5.74, 6) is 0. The van der Waals surface area contributed by atoms with Crippen molar-refractivity contribution in [3.63, 3.8) is 0 Å². The van der Waals surface area contributed by atoms with Crippen LogP contribution >= 0.6 is 0 Å². The molecule has 0 saturated heterocycles. The van der Waals surface area contributed by atoms with E-state index in [0.29, 0.717) is 6.54 Å². The minimum atomic E-state index is -0.620. The van der Waals surface area contributed by atoms with Gasteiger partial charge in [-0.25, -0.2) is 0 Å². The molecule has 0 heterocycles. The maximum absolute atomic E-state index is 9.78. The third-order valence-electron chi connectivity index (χ3n) is 2.49. The fourth-order valence-corrected chi connectivity index (χ4v) is 1.09. The van der Waals surface area contributed by atoms with Gasteiger partial charge in [0.15, 0.2) is 0 Å². The van der Waals surface area contributed by atoms with Gasteiger partial charge in [0.05, 0.1) is 5.60 Å². The molecule has 1 aromatic rings. The SMILES string of the molecule is CCC(C)(O)CNc1ccc(C)cc1. The highest BCUT2D eigenvalue weighted by atomic mass is 16.3. The van der Waals surface area contributed by atoms with E-state index in [1.54, 1.807) is 0 Å². The van der Waals surface area contributed by atoms with Crippen LogP contribution in [0.3, 0.4) is 0 Å². The van der Waals surface area contributed by atoms with E-state index in [-0.39, 0.29) is 0 Å². The molecule has 0 fully saturated rings. The predicted molar refractivity (Wildman–Crippen MR) is 60.6 cm³/mol. The lowest BCUT2D eigenvalue weighted by atomic mass is 10.0. The lowest BCUT2D eigenvalue weighted by Gasteiger charge is -2.22. The second-order valence-electron chi connectivity index (χ2n) is 4.07. The van der Waals surface area contributed by atoms with Crippen LogP contribution in [0.2, 0.25) is 0 Å². The Hall–Kier alpha value is -1.02. The molecule has 2 N–H and O–H groups in total. The Morgan fingerprint density at radius 2 is 1.86 bits per heavy atom. The second-order valence-corrected chi connectivity index (χ2v) is 4.07. The second kappa shape index (κ2) is 4.47. The van der Waals surface area contributed by atoms with Gasteiger partial charge in [0.2, 0.25) is 0 Å². The van der Waals surface area contributed by atoms with Crippen LogP contribution in [0.25, 0.3) is 0 Å². The van der Waals surface area contributed by atoms with Crippen LogP contribution in [0.4, 0.5) is 5.69 Å². The molecule has 0 saturated carbocycles. The molecule has 2 heteroatoms. The minimum Gasteiger partial charge on any atom is -0.388 e. The summed E-state index contributed by atoms with van der Waals surface area (Å²) >= 11 is 0. The molecule has 0 aliphatic heterocycles. The number of hydrogen-bond acceptors (Lipinski definition) is 2. The van der Waals surface area contributed by atoms with Crippen molar-refractivity contribution in [2.24, 2.45) is 0 Å². The Bertz CT molecular complexity index is 277. The van der Waals surface area contributed by atoms with Crippen molar-refractivity contribution in [2.45, 2.75) is 32.8 Å². The molecule has 0 radical (unpaired) electrons. The molecule has 0 amide bonds. The summed E-state index contributed by atoms with van der Waals surface area (Å²) in [4.78, 5) is 0.